The normalized spacial score (nSPS) is 15.1. The van der Waals surface area contributed by atoms with Crippen LogP contribution in [-0.4, -0.2) is 45.0 Å². The Morgan fingerprint density at radius 3 is 2.75 bits per heavy atom. The molecule has 0 unspecified atom stereocenters. The maximum absolute atomic E-state index is 12.5. The fourth-order valence-electron chi connectivity index (χ4n) is 3.84. The average Bonchev–Trinajstić information content (AvgIpc) is 2.95. The van der Waals surface area contributed by atoms with Crippen molar-refractivity contribution in [1.29, 1.82) is 0 Å². The van der Waals surface area contributed by atoms with E-state index in [9.17, 15) is 4.79 Å². The van der Waals surface area contributed by atoms with Crippen LogP contribution < -0.4 is 5.32 Å². The number of likely N-dealkylation sites (N-methyl/N-ethyl adjacent to an activating group) is 1. The molecule has 0 radical (unpaired) electrons. The fourth-order valence-corrected chi connectivity index (χ4v) is 4.78. The van der Waals surface area contributed by atoms with Gasteiger partial charge in [-0.15, -0.1) is 11.8 Å². The lowest BCUT2D eigenvalue weighted by Crippen LogP contribution is -2.32. The van der Waals surface area contributed by atoms with Gasteiger partial charge in [0.15, 0.2) is 4.77 Å². The van der Waals surface area contributed by atoms with E-state index in [1.165, 1.54) is 32.1 Å². The minimum absolute atomic E-state index is 0.0426. The molecule has 28 heavy (non-hydrogen) atoms. The summed E-state index contributed by atoms with van der Waals surface area (Å²) in [7, 11) is 1.91. The molecule has 152 valence electrons. The third-order valence-corrected chi connectivity index (χ3v) is 6.35. The van der Waals surface area contributed by atoms with Crippen LogP contribution in [0.4, 0.5) is 5.69 Å². The van der Waals surface area contributed by atoms with Crippen LogP contribution in [0, 0.1) is 11.7 Å². The van der Waals surface area contributed by atoms with Crippen molar-refractivity contribution in [2.45, 2.75) is 56.6 Å². The molecule has 2 aromatic rings. The number of anilines is 1. The van der Waals surface area contributed by atoms with Crippen molar-refractivity contribution in [2.75, 3.05) is 25.2 Å². The van der Waals surface area contributed by atoms with Crippen molar-refractivity contribution in [1.82, 2.24) is 19.2 Å². The van der Waals surface area contributed by atoms with E-state index in [0.29, 0.717) is 12.7 Å². The van der Waals surface area contributed by atoms with Gasteiger partial charge in [-0.2, -0.15) is 5.10 Å². The molecule has 0 aliphatic heterocycles. The molecule has 1 saturated carbocycles. The monoisotopic (exact) mass is 419 g/mol. The van der Waals surface area contributed by atoms with E-state index >= 15 is 0 Å². The summed E-state index contributed by atoms with van der Waals surface area (Å²) in [4.78, 5) is 15.5. The standard InChI is InChI=1S/C20H29N5OS2/c1-15-22-24(20(27)25(15)16-9-5-4-6-10-16)14-23(2)13-19(26)21-17-11-7-8-12-18(17)28-3/h7-8,11-12,16H,4-6,9-10,13-14H2,1-3H3,(H,21,26). The Balaban J connectivity index is 1.62. The Morgan fingerprint density at radius 1 is 1.32 bits per heavy atom. The van der Waals surface area contributed by atoms with Gasteiger partial charge in [0.05, 0.1) is 18.9 Å². The van der Waals surface area contributed by atoms with Gasteiger partial charge in [0.25, 0.3) is 0 Å². The number of nitrogens with one attached hydrogen (secondary N) is 1. The Morgan fingerprint density at radius 2 is 2.04 bits per heavy atom. The number of carbonyl (C=O) groups excluding carboxylic acids is 1. The van der Waals surface area contributed by atoms with Gasteiger partial charge in [-0.05, 0) is 57.4 Å². The number of hydrogen-bond acceptors (Lipinski definition) is 5. The molecular formula is C20H29N5OS2. The maximum Gasteiger partial charge on any atom is 0.238 e. The molecule has 1 heterocycles. The highest BCUT2D eigenvalue weighted by molar-refractivity contribution is 7.98. The lowest BCUT2D eigenvalue weighted by Gasteiger charge is -2.23. The molecular weight excluding hydrogens is 390 g/mol. The van der Waals surface area contributed by atoms with Crippen molar-refractivity contribution in [3.63, 3.8) is 0 Å². The largest absolute Gasteiger partial charge is 0.324 e. The third kappa shape index (κ3) is 5.04. The zero-order valence-corrected chi connectivity index (χ0v) is 18.5. The summed E-state index contributed by atoms with van der Waals surface area (Å²) < 4.78 is 4.80. The van der Waals surface area contributed by atoms with Gasteiger partial charge in [0.1, 0.15) is 5.82 Å². The van der Waals surface area contributed by atoms with Gasteiger partial charge in [-0.1, -0.05) is 31.4 Å². The van der Waals surface area contributed by atoms with Crippen molar-refractivity contribution in [3.05, 3.63) is 34.9 Å². The molecule has 1 amide bonds. The summed E-state index contributed by atoms with van der Waals surface area (Å²) in [6.07, 6.45) is 8.18. The van der Waals surface area contributed by atoms with E-state index in [4.69, 9.17) is 12.2 Å². The summed E-state index contributed by atoms with van der Waals surface area (Å²) in [5, 5.41) is 7.64. The highest BCUT2D eigenvalue weighted by Gasteiger charge is 2.20. The molecule has 0 atom stereocenters. The molecule has 3 rings (SSSR count). The SMILES string of the molecule is CSc1ccccc1NC(=O)CN(C)Cn1nc(C)n(C2CCCCC2)c1=S. The van der Waals surface area contributed by atoms with E-state index in [2.05, 4.69) is 15.0 Å². The predicted molar refractivity (Wildman–Crippen MR) is 117 cm³/mol. The highest BCUT2D eigenvalue weighted by Crippen LogP contribution is 2.29. The van der Waals surface area contributed by atoms with Crippen LogP contribution in [0.15, 0.2) is 29.2 Å². The number of thioether (sulfide) groups is 1. The number of amides is 1. The molecule has 0 saturated heterocycles. The lowest BCUT2D eigenvalue weighted by molar-refractivity contribution is -0.117. The second kappa shape index (κ2) is 9.71. The van der Waals surface area contributed by atoms with Gasteiger partial charge in [-0.3, -0.25) is 9.69 Å². The van der Waals surface area contributed by atoms with E-state index in [1.54, 1.807) is 11.8 Å². The molecule has 1 aliphatic carbocycles. The van der Waals surface area contributed by atoms with Gasteiger partial charge in [-0.25, -0.2) is 4.68 Å². The highest BCUT2D eigenvalue weighted by atomic mass is 32.2. The third-order valence-electron chi connectivity index (χ3n) is 5.15. The topological polar surface area (TPSA) is 55.1 Å². The van der Waals surface area contributed by atoms with Crippen LogP contribution >= 0.6 is 24.0 Å². The van der Waals surface area contributed by atoms with Gasteiger partial charge in [0, 0.05) is 10.9 Å². The molecule has 0 bridgehead atoms. The zero-order chi connectivity index (χ0) is 20.1. The average molecular weight is 420 g/mol. The minimum Gasteiger partial charge on any atom is -0.324 e. The Labute approximate surface area is 176 Å². The number of nitrogens with zero attached hydrogens (tertiary/aromatic N) is 4. The second-order valence-corrected chi connectivity index (χ2v) is 8.61. The number of carbonyl (C=O) groups is 1. The van der Waals surface area contributed by atoms with Crippen LogP contribution in [-0.2, 0) is 11.5 Å². The predicted octanol–water partition coefficient (Wildman–Crippen LogP) is 4.48. The van der Waals surface area contributed by atoms with Gasteiger partial charge in [0.2, 0.25) is 5.91 Å². The Hall–Kier alpha value is -1.64. The summed E-state index contributed by atoms with van der Waals surface area (Å²) >= 11 is 7.32. The number of para-hydroxylation sites is 1. The maximum atomic E-state index is 12.5. The Bertz CT molecular complexity index is 870. The van der Waals surface area contributed by atoms with Gasteiger partial charge >= 0.3 is 0 Å². The molecule has 1 aliphatic rings. The molecule has 8 heteroatoms. The number of aryl methyl sites for hydroxylation is 1. The van der Waals surface area contributed by atoms with Crippen LogP contribution in [0.5, 0.6) is 0 Å². The van der Waals surface area contributed by atoms with Crippen LogP contribution in [0.2, 0.25) is 0 Å². The van der Waals surface area contributed by atoms with E-state index < -0.39 is 0 Å². The lowest BCUT2D eigenvalue weighted by atomic mass is 9.95. The fraction of sp³-hybridized carbons (Fsp3) is 0.550. The van der Waals surface area contributed by atoms with Crippen molar-refractivity contribution < 1.29 is 4.79 Å². The number of hydrogen-bond donors (Lipinski definition) is 1. The van der Waals surface area contributed by atoms with E-state index in [-0.39, 0.29) is 12.5 Å². The smallest absolute Gasteiger partial charge is 0.238 e. The minimum atomic E-state index is -0.0426. The zero-order valence-electron chi connectivity index (χ0n) is 16.9. The summed E-state index contributed by atoms with van der Waals surface area (Å²) in [5.41, 5.74) is 0.849. The molecule has 1 aromatic carbocycles. The van der Waals surface area contributed by atoms with E-state index in [1.807, 2.05) is 54.1 Å². The first-order valence-corrected chi connectivity index (χ1v) is 11.4. The summed E-state index contributed by atoms with van der Waals surface area (Å²) in [5.74, 6) is 0.919. The molecule has 1 fully saturated rings. The number of rotatable bonds is 7. The van der Waals surface area contributed by atoms with Crippen molar-refractivity contribution in [2.24, 2.45) is 0 Å². The van der Waals surface area contributed by atoms with Crippen molar-refractivity contribution in [3.8, 4) is 0 Å². The quantitative estimate of drug-likeness (QED) is 0.530. The molecule has 6 nitrogen and oxygen atoms in total. The Kier molecular flexibility index (Phi) is 7.31. The van der Waals surface area contributed by atoms with Crippen LogP contribution in [0.25, 0.3) is 0 Å². The van der Waals surface area contributed by atoms with Crippen LogP contribution in [0.3, 0.4) is 0 Å². The van der Waals surface area contributed by atoms with Crippen molar-refractivity contribution >= 4 is 35.6 Å². The number of benzene rings is 1. The van der Waals surface area contributed by atoms with Crippen LogP contribution in [0.1, 0.15) is 44.0 Å². The molecule has 1 N–H and O–H groups in total. The first-order valence-electron chi connectivity index (χ1n) is 9.77. The second-order valence-electron chi connectivity index (χ2n) is 7.40. The summed E-state index contributed by atoms with van der Waals surface area (Å²) in [6.45, 7) is 2.80. The van der Waals surface area contributed by atoms with E-state index in [0.717, 1.165) is 21.2 Å². The first-order chi connectivity index (χ1) is 13.5. The number of aromatic nitrogens is 3. The first kappa shape index (κ1) is 21.1. The summed E-state index contributed by atoms with van der Waals surface area (Å²) in [6, 6.07) is 8.30. The van der Waals surface area contributed by atoms with Gasteiger partial charge < -0.3 is 9.88 Å². The molecule has 1 aromatic heterocycles. The molecule has 0 spiro atoms.